The van der Waals surface area contributed by atoms with E-state index in [-0.39, 0.29) is 34.1 Å². The largest absolute Gasteiger partial charge is 0.507 e. The van der Waals surface area contributed by atoms with E-state index in [0.717, 1.165) is 24.1 Å². The zero-order valence-electron chi connectivity index (χ0n) is 17.3. The standard InChI is InChI=1S/C20H15F3N6O5/c1-33-19(32)11-3-2-10(6-14(11)30)34-18-17-26-7-13(29(17)5-4-25-18)12-8-28(9-15(24)31)27-16(12)20(21,22)23/h2-8,30H,9H2,1H3,(H2,24,31). The fourth-order valence-corrected chi connectivity index (χ4v) is 3.19. The van der Waals surface area contributed by atoms with E-state index in [2.05, 4.69) is 19.8 Å². The van der Waals surface area contributed by atoms with Crippen molar-refractivity contribution in [3.8, 4) is 28.6 Å². The highest BCUT2D eigenvalue weighted by atomic mass is 19.4. The van der Waals surface area contributed by atoms with Gasteiger partial charge in [-0.25, -0.2) is 14.8 Å². The Morgan fingerprint density at radius 3 is 2.65 bits per heavy atom. The summed E-state index contributed by atoms with van der Waals surface area (Å²) in [6.07, 6.45) is 0.0446. The highest BCUT2D eigenvalue weighted by molar-refractivity contribution is 5.92. The molecule has 34 heavy (non-hydrogen) atoms. The number of hydrogen-bond donors (Lipinski definition) is 2. The number of imidazole rings is 1. The molecule has 0 radical (unpaired) electrons. The van der Waals surface area contributed by atoms with Crippen molar-refractivity contribution in [2.75, 3.05) is 7.11 Å². The molecule has 4 aromatic rings. The van der Waals surface area contributed by atoms with E-state index in [4.69, 9.17) is 10.5 Å². The average molecular weight is 476 g/mol. The summed E-state index contributed by atoms with van der Waals surface area (Å²) in [5.74, 6) is -2.02. The Morgan fingerprint density at radius 2 is 2.00 bits per heavy atom. The van der Waals surface area contributed by atoms with E-state index in [1.54, 1.807) is 0 Å². The SMILES string of the molecule is COC(=O)c1ccc(Oc2nccn3c(-c4cn(CC(N)=O)nc4C(F)(F)F)cnc23)cc1O. The van der Waals surface area contributed by atoms with Crippen molar-refractivity contribution in [2.45, 2.75) is 12.7 Å². The number of alkyl halides is 3. The van der Waals surface area contributed by atoms with E-state index in [1.807, 2.05) is 0 Å². The molecule has 0 aliphatic heterocycles. The van der Waals surface area contributed by atoms with Crippen LogP contribution in [0.1, 0.15) is 16.1 Å². The number of methoxy groups -OCH3 is 1. The second kappa shape index (κ2) is 8.38. The lowest BCUT2D eigenvalue weighted by Gasteiger charge is -2.09. The van der Waals surface area contributed by atoms with E-state index in [9.17, 15) is 27.9 Å². The number of fused-ring (bicyclic) bond motifs is 1. The first-order valence-corrected chi connectivity index (χ1v) is 9.43. The number of primary amides is 1. The monoisotopic (exact) mass is 476 g/mol. The minimum Gasteiger partial charge on any atom is -0.507 e. The summed E-state index contributed by atoms with van der Waals surface area (Å²) in [5.41, 5.74) is 3.50. The quantitative estimate of drug-likeness (QED) is 0.403. The van der Waals surface area contributed by atoms with Gasteiger partial charge in [0.1, 0.15) is 23.6 Å². The van der Waals surface area contributed by atoms with Gasteiger partial charge in [-0.2, -0.15) is 18.3 Å². The number of carbonyl (C=O) groups excluding carboxylic acids is 2. The molecule has 3 aromatic heterocycles. The van der Waals surface area contributed by atoms with Crippen LogP contribution in [0.5, 0.6) is 17.4 Å². The van der Waals surface area contributed by atoms with Crippen LogP contribution in [0.4, 0.5) is 13.2 Å². The highest BCUT2D eigenvalue weighted by Crippen LogP contribution is 2.37. The van der Waals surface area contributed by atoms with Crippen LogP contribution < -0.4 is 10.5 Å². The van der Waals surface area contributed by atoms with Crippen LogP contribution in [-0.4, -0.2) is 48.2 Å². The third kappa shape index (κ3) is 4.20. The molecule has 11 nitrogen and oxygen atoms in total. The summed E-state index contributed by atoms with van der Waals surface area (Å²) in [6.45, 7) is -0.541. The van der Waals surface area contributed by atoms with Gasteiger partial charge in [0.2, 0.25) is 11.6 Å². The number of nitrogens with zero attached hydrogens (tertiary/aromatic N) is 5. The number of benzene rings is 1. The number of ether oxygens (including phenoxy) is 2. The predicted molar refractivity (Wildman–Crippen MR) is 108 cm³/mol. The van der Waals surface area contributed by atoms with Gasteiger partial charge in [-0.3, -0.25) is 13.9 Å². The van der Waals surface area contributed by atoms with Gasteiger partial charge in [0, 0.05) is 24.7 Å². The summed E-state index contributed by atoms with van der Waals surface area (Å²) in [6, 6.07) is 3.80. The van der Waals surface area contributed by atoms with Gasteiger partial charge in [0.25, 0.3) is 5.88 Å². The van der Waals surface area contributed by atoms with Gasteiger partial charge < -0.3 is 20.3 Å². The third-order valence-corrected chi connectivity index (χ3v) is 4.61. The first kappa shape index (κ1) is 22.6. The van der Waals surface area contributed by atoms with Crippen LogP contribution >= 0.6 is 0 Å². The van der Waals surface area contributed by atoms with E-state index >= 15 is 0 Å². The van der Waals surface area contributed by atoms with Crippen LogP contribution in [0.2, 0.25) is 0 Å². The summed E-state index contributed by atoms with van der Waals surface area (Å²) < 4.78 is 53.1. The normalized spacial score (nSPS) is 11.5. The smallest absolute Gasteiger partial charge is 0.435 e. The molecular weight excluding hydrogens is 461 g/mol. The maximum Gasteiger partial charge on any atom is 0.435 e. The minimum atomic E-state index is -4.81. The van der Waals surface area contributed by atoms with Crippen molar-refractivity contribution in [1.82, 2.24) is 24.1 Å². The van der Waals surface area contributed by atoms with Gasteiger partial charge in [-0.15, -0.1) is 0 Å². The number of aromatic nitrogens is 5. The Labute approximate surface area is 188 Å². The summed E-state index contributed by atoms with van der Waals surface area (Å²) >= 11 is 0. The predicted octanol–water partition coefficient (Wildman–Crippen LogP) is 2.38. The molecular formula is C20H15F3N6O5. The van der Waals surface area contributed by atoms with Crippen LogP contribution in [0.3, 0.4) is 0 Å². The molecule has 1 aromatic carbocycles. The number of amides is 1. The summed E-state index contributed by atoms with van der Waals surface area (Å²) in [4.78, 5) is 30.9. The number of hydrogen-bond acceptors (Lipinski definition) is 8. The lowest BCUT2D eigenvalue weighted by Crippen LogP contribution is -2.19. The zero-order valence-corrected chi connectivity index (χ0v) is 17.3. The van der Waals surface area contributed by atoms with Gasteiger partial charge in [0.15, 0.2) is 5.69 Å². The molecule has 1 amide bonds. The zero-order chi connectivity index (χ0) is 24.6. The summed E-state index contributed by atoms with van der Waals surface area (Å²) in [7, 11) is 1.16. The Kier molecular flexibility index (Phi) is 5.56. The number of nitrogens with two attached hydrogens (primary N) is 1. The van der Waals surface area contributed by atoms with Gasteiger partial charge in [0.05, 0.1) is 24.6 Å². The second-order valence-corrected chi connectivity index (χ2v) is 6.90. The maximum absolute atomic E-state index is 13.6. The Bertz CT molecular complexity index is 1410. The molecule has 0 fully saturated rings. The van der Waals surface area contributed by atoms with Crippen LogP contribution in [0, 0.1) is 0 Å². The molecule has 0 atom stereocenters. The highest BCUT2D eigenvalue weighted by Gasteiger charge is 2.38. The molecule has 0 bridgehead atoms. The maximum atomic E-state index is 13.6. The number of phenolic OH excluding ortho intramolecular Hbond substituents is 1. The number of halogens is 3. The molecule has 14 heteroatoms. The lowest BCUT2D eigenvalue weighted by atomic mass is 10.2. The molecule has 4 rings (SSSR count). The van der Waals surface area contributed by atoms with Gasteiger partial charge >= 0.3 is 12.1 Å². The fourth-order valence-electron chi connectivity index (χ4n) is 3.19. The van der Waals surface area contributed by atoms with Crippen molar-refractivity contribution in [3.05, 3.63) is 54.2 Å². The molecule has 3 heterocycles. The molecule has 3 N–H and O–H groups in total. The van der Waals surface area contributed by atoms with Crippen molar-refractivity contribution in [2.24, 2.45) is 5.73 Å². The Hall–Kier alpha value is -4.62. The van der Waals surface area contributed by atoms with Gasteiger partial charge in [-0.1, -0.05) is 0 Å². The van der Waals surface area contributed by atoms with Crippen molar-refractivity contribution in [3.63, 3.8) is 0 Å². The molecule has 0 aliphatic carbocycles. The van der Waals surface area contributed by atoms with Crippen molar-refractivity contribution in [1.29, 1.82) is 0 Å². The first-order valence-electron chi connectivity index (χ1n) is 9.43. The topological polar surface area (TPSA) is 147 Å². The number of phenols is 1. The molecule has 0 aliphatic rings. The van der Waals surface area contributed by atoms with Crippen molar-refractivity contribution < 1.29 is 37.3 Å². The van der Waals surface area contributed by atoms with Crippen molar-refractivity contribution >= 4 is 17.5 Å². The number of esters is 1. The van der Waals surface area contributed by atoms with Gasteiger partial charge in [-0.05, 0) is 12.1 Å². The fraction of sp³-hybridized carbons (Fsp3) is 0.150. The van der Waals surface area contributed by atoms with Crippen LogP contribution in [0.15, 0.2) is 43.0 Å². The lowest BCUT2D eigenvalue weighted by molar-refractivity contribution is -0.141. The molecule has 0 saturated heterocycles. The molecule has 176 valence electrons. The number of carbonyl (C=O) groups is 2. The van der Waals surface area contributed by atoms with E-state index in [0.29, 0.717) is 0 Å². The van der Waals surface area contributed by atoms with Crippen LogP contribution in [0.25, 0.3) is 16.9 Å². The first-order chi connectivity index (χ1) is 16.1. The minimum absolute atomic E-state index is 0.00850. The summed E-state index contributed by atoms with van der Waals surface area (Å²) in [5, 5.41) is 13.5. The van der Waals surface area contributed by atoms with Crippen LogP contribution in [-0.2, 0) is 22.3 Å². The Balaban J connectivity index is 1.75. The number of aromatic hydroxyl groups is 1. The Morgan fingerprint density at radius 1 is 1.24 bits per heavy atom. The van der Waals surface area contributed by atoms with E-state index < -0.39 is 36.0 Å². The van der Waals surface area contributed by atoms with E-state index in [1.165, 1.54) is 35.1 Å². The average Bonchev–Trinajstić information content (AvgIpc) is 3.37. The molecule has 0 spiro atoms. The second-order valence-electron chi connectivity index (χ2n) is 6.90. The number of rotatable bonds is 6. The molecule has 0 saturated carbocycles. The third-order valence-electron chi connectivity index (χ3n) is 4.61. The molecule has 0 unspecified atom stereocenters.